The van der Waals surface area contributed by atoms with Crippen molar-refractivity contribution in [3.05, 3.63) is 30.3 Å². The molecule has 1 aromatic carbocycles. The number of nitrogens with two attached hydrogens (primary N) is 1. The lowest BCUT2D eigenvalue weighted by molar-refractivity contribution is -0.123. The second-order valence-electron chi connectivity index (χ2n) is 4.45. The van der Waals surface area contributed by atoms with Crippen LogP contribution >= 0.6 is 11.8 Å². The van der Waals surface area contributed by atoms with E-state index in [1.165, 1.54) is 11.8 Å². The summed E-state index contributed by atoms with van der Waals surface area (Å²) in [6.07, 6.45) is 0. The Morgan fingerprint density at radius 3 is 2.64 bits per heavy atom. The summed E-state index contributed by atoms with van der Waals surface area (Å²) in [5.74, 6) is 0.0838. The SMILES string of the molecule is CCn1c(SCC(=O)NCC(N)=O)nnc1-c1ccccc1. The van der Waals surface area contributed by atoms with Gasteiger partial charge in [0.1, 0.15) is 0 Å². The van der Waals surface area contributed by atoms with Gasteiger partial charge >= 0.3 is 0 Å². The van der Waals surface area contributed by atoms with E-state index >= 15 is 0 Å². The molecule has 2 rings (SSSR count). The average molecular weight is 319 g/mol. The summed E-state index contributed by atoms with van der Waals surface area (Å²) < 4.78 is 1.95. The number of hydrogen-bond donors (Lipinski definition) is 2. The minimum absolute atomic E-state index is 0.153. The van der Waals surface area contributed by atoms with Crippen LogP contribution in [0.3, 0.4) is 0 Å². The molecule has 0 saturated heterocycles. The van der Waals surface area contributed by atoms with Gasteiger partial charge in [-0.15, -0.1) is 10.2 Å². The van der Waals surface area contributed by atoms with Crippen molar-refractivity contribution >= 4 is 23.6 Å². The Kier molecular flexibility index (Phi) is 5.54. The average Bonchev–Trinajstić information content (AvgIpc) is 2.94. The minimum atomic E-state index is -0.568. The first-order valence-corrected chi connectivity index (χ1v) is 7.76. The van der Waals surface area contributed by atoms with Gasteiger partial charge in [0.2, 0.25) is 11.8 Å². The summed E-state index contributed by atoms with van der Waals surface area (Å²) in [7, 11) is 0. The van der Waals surface area contributed by atoms with Gasteiger partial charge in [-0.25, -0.2) is 0 Å². The smallest absolute Gasteiger partial charge is 0.236 e. The lowest BCUT2D eigenvalue weighted by Crippen LogP contribution is -2.34. The molecular formula is C14H17N5O2S. The highest BCUT2D eigenvalue weighted by molar-refractivity contribution is 7.99. The molecule has 0 atom stereocenters. The quantitative estimate of drug-likeness (QED) is 0.730. The fraction of sp³-hybridized carbons (Fsp3) is 0.286. The highest BCUT2D eigenvalue weighted by Crippen LogP contribution is 2.23. The van der Waals surface area contributed by atoms with Gasteiger partial charge in [0.15, 0.2) is 11.0 Å². The Hall–Kier alpha value is -2.35. The molecule has 22 heavy (non-hydrogen) atoms. The molecule has 0 aliphatic heterocycles. The Morgan fingerprint density at radius 2 is 2.00 bits per heavy atom. The van der Waals surface area contributed by atoms with E-state index < -0.39 is 5.91 Å². The number of nitrogens with zero attached hydrogens (tertiary/aromatic N) is 3. The molecule has 0 spiro atoms. The topological polar surface area (TPSA) is 103 Å². The van der Waals surface area contributed by atoms with Crippen LogP contribution < -0.4 is 11.1 Å². The van der Waals surface area contributed by atoms with Crippen molar-refractivity contribution in [1.82, 2.24) is 20.1 Å². The lowest BCUT2D eigenvalue weighted by atomic mass is 10.2. The lowest BCUT2D eigenvalue weighted by Gasteiger charge is -2.07. The Bertz CT molecular complexity index is 657. The zero-order valence-electron chi connectivity index (χ0n) is 12.2. The van der Waals surface area contributed by atoms with Gasteiger partial charge in [-0.3, -0.25) is 9.59 Å². The van der Waals surface area contributed by atoms with Crippen molar-refractivity contribution in [2.45, 2.75) is 18.6 Å². The first kappa shape index (κ1) is 16.0. The molecule has 116 valence electrons. The van der Waals surface area contributed by atoms with Crippen LogP contribution in [0.4, 0.5) is 0 Å². The zero-order chi connectivity index (χ0) is 15.9. The number of hydrogen-bond acceptors (Lipinski definition) is 5. The molecule has 0 radical (unpaired) electrons. The molecule has 0 aliphatic carbocycles. The molecule has 3 N–H and O–H groups in total. The summed E-state index contributed by atoms with van der Waals surface area (Å²) in [6.45, 7) is 2.53. The second kappa shape index (κ2) is 7.60. The molecule has 2 amide bonds. The molecule has 7 nitrogen and oxygen atoms in total. The van der Waals surface area contributed by atoms with Gasteiger partial charge in [0.05, 0.1) is 12.3 Å². The minimum Gasteiger partial charge on any atom is -0.368 e. The van der Waals surface area contributed by atoms with E-state index in [9.17, 15) is 9.59 Å². The fourth-order valence-electron chi connectivity index (χ4n) is 1.85. The van der Waals surface area contributed by atoms with Crippen LogP contribution in [0.1, 0.15) is 6.92 Å². The summed E-state index contributed by atoms with van der Waals surface area (Å²) in [4.78, 5) is 22.2. The molecule has 0 bridgehead atoms. The van der Waals surface area contributed by atoms with Crippen molar-refractivity contribution in [3.8, 4) is 11.4 Å². The number of aromatic nitrogens is 3. The van der Waals surface area contributed by atoms with E-state index in [1.807, 2.05) is 41.8 Å². The standard InChI is InChI=1S/C14H17N5O2S/c1-2-19-13(10-6-4-3-5-7-10)17-18-14(19)22-9-12(21)16-8-11(15)20/h3-7H,2,8-9H2,1H3,(H2,15,20)(H,16,21). The summed E-state index contributed by atoms with van der Waals surface area (Å²) in [5.41, 5.74) is 5.95. The van der Waals surface area contributed by atoms with Crippen LogP contribution in [0.2, 0.25) is 0 Å². The number of amides is 2. The third-order valence-corrected chi connectivity index (χ3v) is 3.82. The van der Waals surface area contributed by atoms with Crippen molar-refractivity contribution in [3.63, 3.8) is 0 Å². The molecule has 0 fully saturated rings. The summed E-state index contributed by atoms with van der Waals surface area (Å²) in [5, 5.41) is 11.4. The van der Waals surface area contributed by atoms with Crippen molar-refractivity contribution in [2.24, 2.45) is 5.73 Å². The van der Waals surface area contributed by atoms with E-state index in [0.717, 1.165) is 11.4 Å². The van der Waals surface area contributed by atoms with Crippen molar-refractivity contribution in [2.75, 3.05) is 12.3 Å². The molecule has 1 aromatic heterocycles. The van der Waals surface area contributed by atoms with Gasteiger partial charge in [-0.1, -0.05) is 42.1 Å². The largest absolute Gasteiger partial charge is 0.368 e. The second-order valence-corrected chi connectivity index (χ2v) is 5.39. The highest BCUT2D eigenvalue weighted by Gasteiger charge is 2.14. The normalized spacial score (nSPS) is 10.4. The highest BCUT2D eigenvalue weighted by atomic mass is 32.2. The van der Waals surface area contributed by atoms with Crippen LogP contribution in [-0.4, -0.2) is 38.9 Å². The number of nitrogens with one attached hydrogen (secondary N) is 1. The van der Waals surface area contributed by atoms with Crippen molar-refractivity contribution in [1.29, 1.82) is 0 Å². The van der Waals surface area contributed by atoms with Crippen LogP contribution in [0.25, 0.3) is 11.4 Å². The van der Waals surface area contributed by atoms with Gasteiger partial charge < -0.3 is 15.6 Å². The van der Waals surface area contributed by atoms with E-state index in [0.29, 0.717) is 11.7 Å². The summed E-state index contributed by atoms with van der Waals surface area (Å²) >= 11 is 1.27. The number of primary amides is 1. The Labute approximate surface area is 132 Å². The third kappa shape index (κ3) is 4.08. The molecule has 1 heterocycles. The van der Waals surface area contributed by atoms with Crippen LogP contribution in [0.15, 0.2) is 35.5 Å². The third-order valence-electron chi connectivity index (χ3n) is 2.86. The van der Waals surface area contributed by atoms with Crippen LogP contribution in [-0.2, 0) is 16.1 Å². The fourth-order valence-corrected chi connectivity index (χ4v) is 2.68. The Balaban J connectivity index is 2.05. The van der Waals surface area contributed by atoms with E-state index in [1.54, 1.807) is 0 Å². The van der Waals surface area contributed by atoms with Crippen molar-refractivity contribution < 1.29 is 9.59 Å². The maximum atomic E-state index is 11.6. The number of thioether (sulfide) groups is 1. The maximum Gasteiger partial charge on any atom is 0.236 e. The van der Waals surface area contributed by atoms with E-state index in [4.69, 9.17) is 5.73 Å². The number of benzene rings is 1. The number of rotatable bonds is 7. The van der Waals surface area contributed by atoms with E-state index in [-0.39, 0.29) is 18.2 Å². The first-order chi connectivity index (χ1) is 10.6. The molecule has 0 saturated carbocycles. The molecule has 0 unspecified atom stereocenters. The zero-order valence-corrected chi connectivity index (χ0v) is 13.0. The van der Waals surface area contributed by atoms with Gasteiger partial charge in [-0.05, 0) is 6.92 Å². The van der Waals surface area contributed by atoms with Gasteiger partial charge in [0.25, 0.3) is 0 Å². The number of carbonyl (C=O) groups is 2. The van der Waals surface area contributed by atoms with E-state index in [2.05, 4.69) is 15.5 Å². The monoisotopic (exact) mass is 319 g/mol. The molecular weight excluding hydrogens is 302 g/mol. The first-order valence-electron chi connectivity index (χ1n) is 6.78. The number of carbonyl (C=O) groups excluding carboxylic acids is 2. The van der Waals surface area contributed by atoms with Crippen LogP contribution in [0, 0.1) is 0 Å². The predicted molar refractivity (Wildman–Crippen MR) is 84.1 cm³/mol. The molecule has 0 aliphatic rings. The maximum absolute atomic E-state index is 11.6. The van der Waals surface area contributed by atoms with Crippen LogP contribution in [0.5, 0.6) is 0 Å². The molecule has 8 heteroatoms. The van der Waals surface area contributed by atoms with Gasteiger partial charge in [0, 0.05) is 12.1 Å². The summed E-state index contributed by atoms with van der Waals surface area (Å²) in [6, 6.07) is 9.74. The molecule has 2 aromatic rings. The Morgan fingerprint density at radius 1 is 1.27 bits per heavy atom. The predicted octanol–water partition coefficient (Wildman–Crippen LogP) is 0.659. The van der Waals surface area contributed by atoms with Gasteiger partial charge in [-0.2, -0.15) is 0 Å².